The highest BCUT2D eigenvalue weighted by molar-refractivity contribution is 5.81. The molecule has 0 aromatic heterocycles. The number of ether oxygens (including phenoxy) is 5. The number of carbonyl (C=O) groups excluding carboxylic acids is 5. The fourth-order valence-electron chi connectivity index (χ4n) is 2.19. The maximum Gasteiger partial charge on any atom is 0.490 e. The SMILES string of the molecule is CO/N=C\C(OC(=O)C(F)(F)F)C(OC(=O)C(F)(F)F)C(OC(=O)C(F)(F)F)C(COC(=O)C(F)(F)F)OC(=O)C(F)(F)F. The number of hydrogen-bond donors (Lipinski definition) is 0. The molecular weight excluding hydrogens is 679 g/mol. The van der Waals surface area contributed by atoms with Crippen molar-refractivity contribution < 1.29 is 118 Å². The van der Waals surface area contributed by atoms with Crippen molar-refractivity contribution in [3.8, 4) is 0 Å². The van der Waals surface area contributed by atoms with Crippen molar-refractivity contribution in [3.63, 3.8) is 0 Å². The lowest BCUT2D eigenvalue weighted by Gasteiger charge is -2.35. The third-order valence-electron chi connectivity index (χ3n) is 3.85. The monoisotopic (exact) mass is 689 g/mol. The Balaban J connectivity index is 7.51. The number of esters is 5. The first kappa shape index (κ1) is 39.8. The highest BCUT2D eigenvalue weighted by atomic mass is 19.4. The average molecular weight is 689 g/mol. The Morgan fingerprint density at radius 1 is 0.545 bits per heavy atom. The van der Waals surface area contributed by atoms with Gasteiger partial charge in [-0.25, -0.2) is 24.0 Å². The Labute approximate surface area is 229 Å². The Bertz CT molecular complexity index is 1080. The van der Waals surface area contributed by atoms with E-state index in [-0.39, 0.29) is 0 Å². The Hall–Kier alpha value is -4.23. The van der Waals surface area contributed by atoms with Gasteiger partial charge in [0.15, 0.2) is 24.4 Å². The van der Waals surface area contributed by atoms with E-state index in [1.54, 1.807) is 0 Å². The van der Waals surface area contributed by atoms with Gasteiger partial charge in [0.2, 0.25) is 0 Å². The third-order valence-corrected chi connectivity index (χ3v) is 3.85. The van der Waals surface area contributed by atoms with Crippen molar-refractivity contribution >= 4 is 36.1 Å². The molecule has 0 aliphatic carbocycles. The minimum atomic E-state index is -6.38. The normalized spacial score (nSPS) is 15.8. The standard InChI is InChI=1S/C17H10F15NO11/c1-39-33-2-4(41-9(35)14(21,22)23)6(43-11(37)16(27,28)29)7(44-12(38)17(30,31)32)5(42-10(36)15(24,25)26)3-40-8(34)13(18,19)20/h2,4-7H,3H2,1H3/b33-2-. The number of alkyl halides is 15. The van der Waals surface area contributed by atoms with Gasteiger partial charge in [-0.1, -0.05) is 5.16 Å². The summed E-state index contributed by atoms with van der Waals surface area (Å²) in [6, 6.07) is 0. The van der Waals surface area contributed by atoms with E-state index in [4.69, 9.17) is 0 Å². The molecule has 0 fully saturated rings. The molecule has 0 saturated carbocycles. The van der Waals surface area contributed by atoms with Crippen LogP contribution in [0, 0.1) is 0 Å². The molecular formula is C17H10F15NO11. The van der Waals surface area contributed by atoms with Crippen LogP contribution in [0.1, 0.15) is 0 Å². The molecule has 0 rings (SSSR count). The molecule has 4 unspecified atom stereocenters. The molecule has 0 amide bonds. The molecule has 0 bridgehead atoms. The van der Waals surface area contributed by atoms with Crippen molar-refractivity contribution in [1.29, 1.82) is 0 Å². The van der Waals surface area contributed by atoms with Crippen LogP contribution in [0.3, 0.4) is 0 Å². The smallest absolute Gasteiger partial charge is 0.455 e. The summed E-state index contributed by atoms with van der Waals surface area (Å²) in [6.07, 6.45) is -47.4. The number of hydrogen-bond acceptors (Lipinski definition) is 12. The van der Waals surface area contributed by atoms with Crippen LogP contribution in [0.15, 0.2) is 5.16 Å². The Morgan fingerprint density at radius 3 is 1.25 bits per heavy atom. The van der Waals surface area contributed by atoms with Crippen LogP contribution in [0.5, 0.6) is 0 Å². The van der Waals surface area contributed by atoms with E-state index in [0.29, 0.717) is 7.11 Å². The summed E-state index contributed by atoms with van der Waals surface area (Å²) in [7, 11) is 0.474. The Kier molecular flexibility index (Phi) is 13.1. The van der Waals surface area contributed by atoms with Crippen molar-refractivity contribution in [3.05, 3.63) is 0 Å². The molecule has 0 aliphatic heterocycles. The Morgan fingerprint density at radius 2 is 0.886 bits per heavy atom. The van der Waals surface area contributed by atoms with Gasteiger partial charge in [0, 0.05) is 0 Å². The maximum absolute atomic E-state index is 12.9. The summed E-state index contributed by atoms with van der Waals surface area (Å²) >= 11 is 0. The van der Waals surface area contributed by atoms with E-state index in [1.165, 1.54) is 0 Å². The van der Waals surface area contributed by atoms with Crippen LogP contribution >= 0.6 is 0 Å². The van der Waals surface area contributed by atoms with Crippen molar-refractivity contribution in [1.82, 2.24) is 0 Å². The summed E-state index contributed by atoms with van der Waals surface area (Å²) in [5, 5.41) is 2.55. The van der Waals surface area contributed by atoms with E-state index in [0.717, 1.165) is 0 Å². The first-order valence-corrected chi connectivity index (χ1v) is 9.95. The molecule has 0 heterocycles. The third kappa shape index (κ3) is 13.0. The fraction of sp³-hybridized carbons (Fsp3) is 0.647. The van der Waals surface area contributed by atoms with Crippen LogP contribution in [-0.2, 0) is 52.5 Å². The van der Waals surface area contributed by atoms with Gasteiger partial charge < -0.3 is 28.5 Å². The lowest BCUT2D eigenvalue weighted by atomic mass is 10.0. The molecule has 0 saturated heterocycles. The molecule has 27 heteroatoms. The van der Waals surface area contributed by atoms with Crippen LogP contribution in [-0.4, -0.2) is 105 Å². The quantitative estimate of drug-likeness (QED) is 0.104. The van der Waals surface area contributed by atoms with E-state index in [2.05, 4.69) is 33.7 Å². The van der Waals surface area contributed by atoms with Gasteiger partial charge in [0.05, 0.1) is 6.21 Å². The molecule has 0 aromatic rings. The summed E-state index contributed by atoms with van der Waals surface area (Å²) in [4.78, 5) is 60.4. The first-order valence-electron chi connectivity index (χ1n) is 9.95. The number of carbonyl (C=O) groups is 5. The van der Waals surface area contributed by atoms with Gasteiger partial charge in [-0.15, -0.1) is 0 Å². The topological polar surface area (TPSA) is 153 Å². The van der Waals surface area contributed by atoms with Gasteiger partial charge in [-0.3, -0.25) is 0 Å². The minimum Gasteiger partial charge on any atom is -0.455 e. The molecule has 12 nitrogen and oxygen atoms in total. The van der Waals surface area contributed by atoms with Crippen molar-refractivity contribution in [2.24, 2.45) is 5.16 Å². The molecule has 0 radical (unpaired) electrons. The summed E-state index contributed by atoms with van der Waals surface area (Å²) in [5.41, 5.74) is 0. The fourth-order valence-corrected chi connectivity index (χ4v) is 2.19. The number of rotatable bonds is 11. The van der Waals surface area contributed by atoms with Crippen molar-refractivity contribution in [2.45, 2.75) is 55.3 Å². The molecule has 0 aromatic carbocycles. The van der Waals surface area contributed by atoms with Crippen LogP contribution in [0.4, 0.5) is 65.9 Å². The number of halogens is 15. The first-order chi connectivity index (χ1) is 19.5. The van der Waals surface area contributed by atoms with E-state index < -0.39 is 98.0 Å². The maximum atomic E-state index is 12.9. The molecule has 0 aliphatic rings. The molecule has 0 spiro atoms. The molecule has 0 N–H and O–H groups in total. The van der Waals surface area contributed by atoms with E-state index in [9.17, 15) is 89.8 Å². The summed E-state index contributed by atoms with van der Waals surface area (Å²) in [5.74, 6) is -18.2. The van der Waals surface area contributed by atoms with E-state index >= 15 is 0 Å². The van der Waals surface area contributed by atoms with Gasteiger partial charge in [0.1, 0.15) is 13.7 Å². The largest absolute Gasteiger partial charge is 0.490 e. The minimum absolute atomic E-state index is 0.474. The number of nitrogens with zero attached hydrogens (tertiary/aromatic N) is 1. The summed E-state index contributed by atoms with van der Waals surface area (Å²) in [6.45, 7) is -2.67. The lowest BCUT2D eigenvalue weighted by Crippen LogP contribution is -2.56. The van der Waals surface area contributed by atoms with Gasteiger partial charge in [-0.05, 0) is 0 Å². The van der Waals surface area contributed by atoms with Crippen molar-refractivity contribution in [2.75, 3.05) is 13.7 Å². The van der Waals surface area contributed by atoms with Crippen LogP contribution in [0.25, 0.3) is 0 Å². The van der Waals surface area contributed by atoms with Crippen LogP contribution in [0.2, 0.25) is 0 Å². The molecule has 254 valence electrons. The summed E-state index contributed by atoms with van der Waals surface area (Å²) < 4.78 is 209. The highest BCUT2D eigenvalue weighted by Gasteiger charge is 2.55. The van der Waals surface area contributed by atoms with Gasteiger partial charge in [0.25, 0.3) is 0 Å². The molecule has 4 atom stereocenters. The zero-order valence-electron chi connectivity index (χ0n) is 20.2. The number of oxime groups is 1. The average Bonchev–Trinajstić information content (AvgIpc) is 2.82. The zero-order valence-corrected chi connectivity index (χ0v) is 20.2. The predicted octanol–water partition coefficient (Wildman–Crippen LogP) is 2.62. The van der Waals surface area contributed by atoms with E-state index in [1.807, 2.05) is 0 Å². The molecule has 44 heavy (non-hydrogen) atoms. The van der Waals surface area contributed by atoms with Gasteiger partial charge in [-0.2, -0.15) is 65.9 Å². The van der Waals surface area contributed by atoms with Crippen LogP contribution < -0.4 is 0 Å². The zero-order chi connectivity index (χ0) is 35.1. The second-order valence-electron chi connectivity index (χ2n) is 7.08. The van der Waals surface area contributed by atoms with Gasteiger partial charge >= 0.3 is 60.7 Å². The predicted molar refractivity (Wildman–Crippen MR) is 96.3 cm³/mol. The second-order valence-corrected chi connectivity index (χ2v) is 7.08. The highest BCUT2D eigenvalue weighted by Crippen LogP contribution is 2.29. The second kappa shape index (κ2) is 14.5. The lowest BCUT2D eigenvalue weighted by molar-refractivity contribution is -0.247.